The smallest absolute Gasteiger partial charge is 0.334 e. The van der Waals surface area contributed by atoms with E-state index in [2.05, 4.69) is 43.4 Å². The van der Waals surface area contributed by atoms with Crippen LogP contribution >= 0.6 is 22.6 Å². The lowest BCUT2D eigenvalue weighted by molar-refractivity contribution is -0.136. The molecule has 27 heavy (non-hydrogen) atoms. The van der Waals surface area contributed by atoms with Gasteiger partial charge in [0.1, 0.15) is 17.8 Å². The Morgan fingerprint density at radius 2 is 1.93 bits per heavy atom. The molecule has 0 aromatic heterocycles. The predicted octanol–water partition coefficient (Wildman–Crippen LogP) is 2.94. The van der Waals surface area contributed by atoms with Crippen LogP contribution in [0, 0.1) is 17.3 Å². The molecule has 4 aliphatic heterocycles. The van der Waals surface area contributed by atoms with Crippen molar-refractivity contribution in [2.24, 2.45) is 17.3 Å². The van der Waals surface area contributed by atoms with Gasteiger partial charge in [0.25, 0.3) is 0 Å². The van der Waals surface area contributed by atoms with Crippen molar-refractivity contribution < 1.29 is 23.7 Å². The average Bonchev–Trinajstić information content (AvgIpc) is 3.50. The van der Waals surface area contributed by atoms with Crippen molar-refractivity contribution in [3.05, 3.63) is 11.1 Å². The molecule has 5 nitrogen and oxygen atoms in total. The Bertz CT molecular complexity index is 848. The van der Waals surface area contributed by atoms with E-state index in [4.69, 9.17) is 18.9 Å². The Morgan fingerprint density at radius 3 is 2.63 bits per heavy atom. The Kier molecular flexibility index (Phi) is 2.64. The number of hydrogen-bond donors (Lipinski definition) is 0. The summed E-state index contributed by atoms with van der Waals surface area (Å²) in [6, 6.07) is 0. The molecule has 0 bridgehead atoms. The van der Waals surface area contributed by atoms with Crippen LogP contribution in [0.2, 0.25) is 0 Å². The molecular weight excluding hydrogens is 459 g/mol. The van der Waals surface area contributed by atoms with E-state index in [0.29, 0.717) is 18.4 Å². The third-order valence-electron chi connectivity index (χ3n) is 9.43. The van der Waals surface area contributed by atoms with Crippen LogP contribution in [0.4, 0.5) is 0 Å². The molecule has 0 amide bonds. The molecule has 8 atom stereocenters. The lowest BCUT2D eigenvalue weighted by Crippen LogP contribution is -2.72. The van der Waals surface area contributed by atoms with Gasteiger partial charge in [-0.15, -0.1) is 0 Å². The summed E-state index contributed by atoms with van der Waals surface area (Å²) in [5.74, 6) is 0.964. The summed E-state index contributed by atoms with van der Waals surface area (Å²) in [5.41, 5.74) is 1.38. The Labute approximate surface area is 172 Å². The van der Waals surface area contributed by atoms with E-state index in [9.17, 15) is 4.79 Å². The molecule has 0 aromatic rings. The van der Waals surface area contributed by atoms with E-state index >= 15 is 0 Å². The van der Waals surface area contributed by atoms with E-state index in [0.717, 1.165) is 37.9 Å². The molecule has 5 fully saturated rings. The molecule has 6 heteroatoms. The van der Waals surface area contributed by atoms with Crippen LogP contribution in [-0.4, -0.2) is 51.6 Å². The average molecular weight is 484 g/mol. The maximum atomic E-state index is 12.3. The first-order valence-corrected chi connectivity index (χ1v) is 11.4. The molecule has 7 aliphatic rings. The number of hydrogen-bond acceptors (Lipinski definition) is 5. The summed E-state index contributed by atoms with van der Waals surface area (Å²) in [5, 5.41) is 0. The summed E-state index contributed by atoms with van der Waals surface area (Å²) in [6.45, 7) is 8.28. The first kappa shape index (κ1) is 16.6. The highest BCUT2D eigenvalue weighted by Gasteiger charge is 3.00. The number of rotatable bonds is 1. The van der Waals surface area contributed by atoms with Crippen molar-refractivity contribution in [1.29, 1.82) is 0 Å². The maximum absolute atomic E-state index is 12.3. The second kappa shape index (κ2) is 4.30. The number of ether oxygens (including phenoxy) is 4. The molecule has 3 spiro atoms. The van der Waals surface area contributed by atoms with Gasteiger partial charge in [0, 0.05) is 11.0 Å². The molecule has 0 unspecified atom stereocenters. The van der Waals surface area contributed by atoms with Crippen LogP contribution in [0.25, 0.3) is 0 Å². The lowest BCUT2D eigenvalue weighted by Gasteiger charge is -2.58. The molecule has 4 heterocycles. The summed E-state index contributed by atoms with van der Waals surface area (Å²) in [4.78, 5) is 12.3. The van der Waals surface area contributed by atoms with Gasteiger partial charge in [-0.25, -0.2) is 4.79 Å². The van der Waals surface area contributed by atoms with Gasteiger partial charge in [0.05, 0.1) is 22.2 Å². The fourth-order valence-electron chi connectivity index (χ4n) is 8.06. The van der Waals surface area contributed by atoms with Gasteiger partial charge < -0.3 is 18.9 Å². The monoisotopic (exact) mass is 484 g/mol. The molecule has 0 aromatic carbocycles. The number of fused-ring (bicyclic) bond motifs is 2. The normalized spacial score (nSPS) is 61.7. The van der Waals surface area contributed by atoms with Crippen LogP contribution in [0.15, 0.2) is 11.1 Å². The van der Waals surface area contributed by atoms with Gasteiger partial charge in [-0.3, -0.25) is 0 Å². The first-order chi connectivity index (χ1) is 12.8. The van der Waals surface area contributed by atoms with Crippen molar-refractivity contribution in [3.63, 3.8) is 0 Å². The van der Waals surface area contributed by atoms with Crippen LogP contribution in [-0.2, 0) is 23.7 Å². The highest BCUT2D eigenvalue weighted by molar-refractivity contribution is 14.1. The van der Waals surface area contributed by atoms with Gasteiger partial charge in [-0.1, -0.05) is 43.4 Å². The molecule has 146 valence electrons. The number of carbonyl (C=O) groups excluding carboxylic acids is 1. The Hall–Kier alpha value is -0.180. The largest absolute Gasteiger partial charge is 0.458 e. The van der Waals surface area contributed by atoms with Gasteiger partial charge in [-0.2, -0.15) is 0 Å². The molecule has 7 rings (SSSR count). The number of alkyl halides is 1. The third-order valence-corrected chi connectivity index (χ3v) is 11.7. The molecule has 0 N–H and O–H groups in total. The maximum Gasteiger partial charge on any atom is 0.334 e. The van der Waals surface area contributed by atoms with E-state index in [1.54, 1.807) is 0 Å². The zero-order valence-electron chi connectivity index (χ0n) is 16.0. The van der Waals surface area contributed by atoms with Crippen molar-refractivity contribution in [2.75, 3.05) is 13.2 Å². The number of epoxide rings is 3. The zero-order valence-corrected chi connectivity index (χ0v) is 18.1. The summed E-state index contributed by atoms with van der Waals surface area (Å²) in [6.07, 6.45) is 4.19. The van der Waals surface area contributed by atoms with E-state index in [1.165, 1.54) is 5.57 Å². The van der Waals surface area contributed by atoms with Crippen LogP contribution in [0.1, 0.15) is 46.5 Å². The van der Waals surface area contributed by atoms with E-state index in [1.807, 2.05) is 0 Å². The topological polar surface area (TPSA) is 63.9 Å². The SMILES string of the molecule is CC(C)[C@@H]1C[C@@H]2O[C@@]23[C@@]2(C)CCC4=C(COC4=O)[C@]2(I)C[C@@H]2O[C@@]23[C@]12CO2. The minimum atomic E-state index is -0.275. The number of halogens is 1. The molecule has 0 radical (unpaired) electrons. The first-order valence-electron chi connectivity index (χ1n) is 10.4. The van der Waals surface area contributed by atoms with Gasteiger partial charge >= 0.3 is 5.97 Å². The third kappa shape index (κ3) is 1.39. The Morgan fingerprint density at radius 1 is 1.19 bits per heavy atom. The molecule has 3 saturated heterocycles. The second-order valence-corrected chi connectivity index (χ2v) is 12.2. The fourth-order valence-corrected chi connectivity index (χ4v) is 9.61. The highest BCUT2D eigenvalue weighted by Crippen LogP contribution is 2.85. The van der Waals surface area contributed by atoms with Crippen LogP contribution < -0.4 is 0 Å². The quantitative estimate of drug-likeness (QED) is 0.248. The molecule has 3 aliphatic carbocycles. The van der Waals surface area contributed by atoms with Crippen molar-refractivity contribution >= 4 is 28.6 Å². The summed E-state index contributed by atoms with van der Waals surface area (Å²) >= 11 is 2.64. The van der Waals surface area contributed by atoms with Crippen molar-refractivity contribution in [1.82, 2.24) is 0 Å². The van der Waals surface area contributed by atoms with Gasteiger partial charge in [0.2, 0.25) is 0 Å². The van der Waals surface area contributed by atoms with Gasteiger partial charge in [0.15, 0.2) is 5.60 Å². The highest BCUT2D eigenvalue weighted by atomic mass is 127. The number of esters is 1. The molecule has 2 saturated carbocycles. The van der Waals surface area contributed by atoms with Crippen LogP contribution in [0.5, 0.6) is 0 Å². The minimum absolute atomic E-state index is 0.0636. The fraction of sp³-hybridized carbons (Fsp3) is 0.857. The van der Waals surface area contributed by atoms with Crippen molar-refractivity contribution in [2.45, 2.75) is 78.9 Å². The van der Waals surface area contributed by atoms with Gasteiger partial charge in [-0.05, 0) is 43.1 Å². The lowest BCUT2D eigenvalue weighted by atomic mass is 9.45. The second-order valence-electron chi connectivity index (χ2n) is 10.3. The standard InChI is InChI=1S/C21H25IO5/c1-10(2)12-6-14-20(26-14)17(3)5-4-11-13(8-24-16(11)23)18(17,22)7-15-21(20,27-15)19(12)9-25-19/h10,12,14-15H,4-9H2,1-3H3/t12-,14-,15-,17-,18+,19-,20+,21+/m0/s1. The number of carbonyl (C=O) groups is 1. The zero-order chi connectivity index (χ0) is 18.6. The van der Waals surface area contributed by atoms with Crippen LogP contribution in [0.3, 0.4) is 0 Å². The van der Waals surface area contributed by atoms with E-state index < -0.39 is 0 Å². The van der Waals surface area contributed by atoms with E-state index in [-0.39, 0.29) is 43.8 Å². The summed E-state index contributed by atoms with van der Waals surface area (Å²) < 4.78 is 25.0. The summed E-state index contributed by atoms with van der Waals surface area (Å²) in [7, 11) is 0. The predicted molar refractivity (Wildman–Crippen MR) is 104 cm³/mol. The molecular formula is C21H25IO5. The van der Waals surface area contributed by atoms with Crippen molar-refractivity contribution in [3.8, 4) is 0 Å². The number of cyclic esters (lactones) is 1. The minimum Gasteiger partial charge on any atom is -0.458 e. The Balaban J connectivity index is 1.42.